The zero-order chi connectivity index (χ0) is 21.7. The summed E-state index contributed by atoms with van der Waals surface area (Å²) in [6, 6.07) is 6.29. The molecule has 1 N–H and O–H groups in total. The Bertz CT molecular complexity index is 860. The average molecular weight is 477 g/mol. The Morgan fingerprint density at radius 3 is 2.67 bits per heavy atom. The highest BCUT2D eigenvalue weighted by molar-refractivity contribution is 9.10. The van der Waals surface area contributed by atoms with E-state index in [4.69, 9.17) is 9.84 Å². The van der Waals surface area contributed by atoms with E-state index in [1.165, 1.54) is 0 Å². The van der Waals surface area contributed by atoms with Crippen molar-refractivity contribution in [2.24, 2.45) is 5.92 Å². The monoisotopic (exact) mass is 476 g/mol. The molecule has 1 aliphatic rings. The van der Waals surface area contributed by atoms with Gasteiger partial charge in [-0.1, -0.05) is 19.9 Å². The van der Waals surface area contributed by atoms with Gasteiger partial charge in [-0.25, -0.2) is 14.8 Å². The van der Waals surface area contributed by atoms with E-state index in [1.807, 2.05) is 19.1 Å². The second kappa shape index (κ2) is 10.2. The molecule has 1 atom stereocenters. The van der Waals surface area contributed by atoms with Crippen LogP contribution in [0.3, 0.4) is 0 Å². The second-order valence-electron chi connectivity index (χ2n) is 8.25. The van der Waals surface area contributed by atoms with Crippen molar-refractivity contribution >= 4 is 27.8 Å². The van der Waals surface area contributed by atoms with Crippen molar-refractivity contribution in [3.05, 3.63) is 46.2 Å². The summed E-state index contributed by atoms with van der Waals surface area (Å²) >= 11 is 3.41. The molecule has 30 heavy (non-hydrogen) atoms. The predicted octanol–water partition coefficient (Wildman–Crippen LogP) is 3.75. The quantitative estimate of drug-likeness (QED) is 0.621. The Hall–Kier alpha value is -2.19. The summed E-state index contributed by atoms with van der Waals surface area (Å²) in [5.41, 5.74) is 2.19. The lowest BCUT2D eigenvalue weighted by molar-refractivity contribution is -0.139. The minimum atomic E-state index is -0.971. The number of carboxylic acid groups (broad SMARTS) is 1. The third-order valence-electron chi connectivity index (χ3n) is 5.05. The Kier molecular flexibility index (Phi) is 7.66. The van der Waals surface area contributed by atoms with Gasteiger partial charge in [-0.05, 0) is 58.5 Å². The molecule has 8 heteroatoms. The number of piperazine rings is 1. The number of aromatic nitrogens is 2. The lowest BCUT2D eigenvalue weighted by atomic mass is 9.99. The molecular formula is C22H29BrN4O3. The van der Waals surface area contributed by atoms with Crippen LogP contribution in [0.4, 0.5) is 5.95 Å². The van der Waals surface area contributed by atoms with Crippen LogP contribution in [-0.2, 0) is 11.3 Å². The molecule has 1 fully saturated rings. The van der Waals surface area contributed by atoms with E-state index >= 15 is 0 Å². The van der Waals surface area contributed by atoms with Gasteiger partial charge < -0.3 is 14.7 Å². The summed E-state index contributed by atoms with van der Waals surface area (Å²) in [5, 5.41) is 8.86. The molecule has 0 unspecified atom stereocenters. The lowest BCUT2D eigenvalue weighted by Crippen LogP contribution is -2.53. The molecular weight excluding hydrogens is 448 g/mol. The summed E-state index contributed by atoms with van der Waals surface area (Å²) in [5.74, 6) is 0.986. The molecule has 0 saturated carbocycles. The van der Waals surface area contributed by atoms with Gasteiger partial charge in [0.15, 0.2) is 6.61 Å². The third-order valence-corrected chi connectivity index (χ3v) is 5.46. The van der Waals surface area contributed by atoms with Gasteiger partial charge in [0.1, 0.15) is 5.75 Å². The van der Waals surface area contributed by atoms with Crippen LogP contribution in [0.1, 0.15) is 31.4 Å². The number of carboxylic acids is 1. The summed E-state index contributed by atoms with van der Waals surface area (Å²) in [7, 11) is 0. The molecule has 0 spiro atoms. The fraction of sp³-hybridized carbons (Fsp3) is 0.500. The topological polar surface area (TPSA) is 78.8 Å². The molecule has 162 valence electrons. The molecule has 3 rings (SSSR count). The molecule has 1 aliphatic heterocycles. The van der Waals surface area contributed by atoms with Crippen molar-refractivity contribution < 1.29 is 14.6 Å². The van der Waals surface area contributed by atoms with E-state index in [0.717, 1.165) is 54.1 Å². The van der Waals surface area contributed by atoms with Gasteiger partial charge in [0, 0.05) is 44.6 Å². The Balaban J connectivity index is 1.71. The average Bonchev–Trinajstić information content (AvgIpc) is 2.67. The molecule has 1 saturated heterocycles. The van der Waals surface area contributed by atoms with Crippen molar-refractivity contribution in [2.75, 3.05) is 31.1 Å². The minimum absolute atomic E-state index is 0.328. The molecule has 1 aromatic carbocycles. The number of carbonyl (C=O) groups is 1. The fourth-order valence-corrected chi connectivity index (χ4v) is 4.13. The maximum absolute atomic E-state index is 10.8. The minimum Gasteiger partial charge on any atom is -0.482 e. The van der Waals surface area contributed by atoms with E-state index in [-0.39, 0.29) is 6.61 Å². The molecule has 0 radical (unpaired) electrons. The van der Waals surface area contributed by atoms with E-state index in [9.17, 15) is 4.79 Å². The first-order valence-electron chi connectivity index (χ1n) is 10.2. The summed E-state index contributed by atoms with van der Waals surface area (Å²) < 4.78 is 6.27. The first kappa shape index (κ1) is 22.5. The highest BCUT2D eigenvalue weighted by atomic mass is 79.9. The summed E-state index contributed by atoms with van der Waals surface area (Å²) in [4.78, 5) is 24.6. The molecule has 0 bridgehead atoms. The van der Waals surface area contributed by atoms with Gasteiger partial charge >= 0.3 is 5.97 Å². The standard InChI is InChI=1S/C22H29BrN4O3/c1-15(2)6-19-13-26(4-5-27(19)22-24-10-18(23)11-25-22)12-17-7-16(3)8-20(9-17)30-14-21(28)29/h7-11,15,19H,4-6,12-14H2,1-3H3,(H,28,29)/t19-/m1/s1. The van der Waals surface area contributed by atoms with E-state index in [0.29, 0.717) is 17.7 Å². The first-order chi connectivity index (χ1) is 14.3. The largest absolute Gasteiger partial charge is 0.482 e. The number of ether oxygens (including phenoxy) is 1. The number of aliphatic carboxylic acids is 1. The van der Waals surface area contributed by atoms with Crippen molar-refractivity contribution in [1.29, 1.82) is 0 Å². The second-order valence-corrected chi connectivity index (χ2v) is 9.17. The first-order valence-corrected chi connectivity index (χ1v) is 11.0. The Morgan fingerprint density at radius 2 is 2.00 bits per heavy atom. The molecule has 1 aromatic heterocycles. The predicted molar refractivity (Wildman–Crippen MR) is 120 cm³/mol. The number of rotatable bonds is 8. The third kappa shape index (κ3) is 6.40. The number of anilines is 1. The molecule has 0 aliphatic carbocycles. The molecule has 0 amide bonds. The lowest BCUT2D eigenvalue weighted by Gasteiger charge is -2.42. The number of aryl methyl sites for hydroxylation is 1. The SMILES string of the molecule is Cc1cc(CN2CCN(c3ncc(Br)cn3)[C@H](CC(C)C)C2)cc(OCC(=O)O)c1. The van der Waals surface area contributed by atoms with Crippen molar-refractivity contribution in [2.45, 2.75) is 39.8 Å². The number of hydrogen-bond donors (Lipinski definition) is 1. The van der Waals surface area contributed by atoms with Crippen LogP contribution in [0.25, 0.3) is 0 Å². The maximum atomic E-state index is 10.8. The fourth-order valence-electron chi connectivity index (χ4n) is 3.93. The van der Waals surface area contributed by atoms with Gasteiger partial charge in [-0.2, -0.15) is 0 Å². The Morgan fingerprint density at radius 1 is 1.27 bits per heavy atom. The number of hydrogen-bond acceptors (Lipinski definition) is 6. The zero-order valence-corrected chi connectivity index (χ0v) is 19.3. The van der Waals surface area contributed by atoms with Crippen LogP contribution in [-0.4, -0.2) is 58.2 Å². The van der Waals surface area contributed by atoms with Crippen molar-refractivity contribution in [1.82, 2.24) is 14.9 Å². The van der Waals surface area contributed by atoms with Crippen LogP contribution < -0.4 is 9.64 Å². The highest BCUT2D eigenvalue weighted by Crippen LogP contribution is 2.24. The normalized spacial score (nSPS) is 17.4. The molecule has 7 nitrogen and oxygen atoms in total. The Labute approximate surface area is 186 Å². The van der Waals surface area contributed by atoms with Crippen LogP contribution in [0.2, 0.25) is 0 Å². The molecule has 2 aromatic rings. The van der Waals surface area contributed by atoms with Crippen LogP contribution >= 0.6 is 15.9 Å². The van der Waals surface area contributed by atoms with E-state index < -0.39 is 5.97 Å². The zero-order valence-electron chi connectivity index (χ0n) is 17.7. The summed E-state index contributed by atoms with van der Waals surface area (Å²) in [6.07, 6.45) is 4.66. The van der Waals surface area contributed by atoms with Gasteiger partial charge in [0.05, 0.1) is 4.47 Å². The van der Waals surface area contributed by atoms with Gasteiger partial charge in [-0.3, -0.25) is 4.90 Å². The van der Waals surface area contributed by atoms with Crippen molar-refractivity contribution in [3.8, 4) is 5.75 Å². The number of halogens is 1. The van der Waals surface area contributed by atoms with Crippen LogP contribution in [0.5, 0.6) is 5.75 Å². The van der Waals surface area contributed by atoms with Gasteiger partial charge in [0.2, 0.25) is 5.95 Å². The number of benzene rings is 1. The highest BCUT2D eigenvalue weighted by Gasteiger charge is 2.29. The van der Waals surface area contributed by atoms with Crippen LogP contribution in [0, 0.1) is 12.8 Å². The maximum Gasteiger partial charge on any atom is 0.341 e. The van der Waals surface area contributed by atoms with E-state index in [1.54, 1.807) is 12.4 Å². The van der Waals surface area contributed by atoms with Gasteiger partial charge in [0.25, 0.3) is 0 Å². The summed E-state index contributed by atoms with van der Waals surface area (Å²) in [6.45, 7) is 9.66. The van der Waals surface area contributed by atoms with Crippen LogP contribution in [0.15, 0.2) is 35.1 Å². The molecule has 2 heterocycles. The number of nitrogens with zero attached hydrogens (tertiary/aromatic N) is 4. The van der Waals surface area contributed by atoms with Crippen molar-refractivity contribution in [3.63, 3.8) is 0 Å². The smallest absolute Gasteiger partial charge is 0.341 e. The van der Waals surface area contributed by atoms with Gasteiger partial charge in [-0.15, -0.1) is 0 Å². The van der Waals surface area contributed by atoms with E-state index in [2.05, 4.69) is 55.6 Å².